The third-order valence-corrected chi connectivity index (χ3v) is 16.5. The second-order valence-electron chi connectivity index (χ2n) is 21.6. The van der Waals surface area contributed by atoms with Crippen molar-refractivity contribution in [1.29, 1.82) is 0 Å². The van der Waals surface area contributed by atoms with E-state index in [0.29, 0.717) is 70.7 Å². The Labute approximate surface area is 417 Å². The van der Waals surface area contributed by atoms with Crippen LogP contribution in [0, 0.1) is 16.5 Å². The van der Waals surface area contributed by atoms with Gasteiger partial charge in [-0.1, -0.05) is 50.6 Å². The van der Waals surface area contributed by atoms with E-state index in [1.54, 1.807) is 34.6 Å². The Morgan fingerprint density at radius 1 is 1.03 bits per heavy atom. The summed E-state index contributed by atoms with van der Waals surface area (Å²) < 4.78 is 29.1. The third kappa shape index (κ3) is 9.50. The lowest BCUT2D eigenvalue weighted by atomic mass is 9.70. The van der Waals surface area contributed by atoms with Crippen LogP contribution in [0.4, 0.5) is 21.5 Å². The summed E-state index contributed by atoms with van der Waals surface area (Å²) in [6, 6.07) is 18.8. The monoisotopic (exact) mass is 966 g/mol. The Balaban J connectivity index is 0.902. The number of hydroxylamine groups is 1. The summed E-state index contributed by atoms with van der Waals surface area (Å²) in [5, 5.41) is 36.9. The molecule has 376 valence electrons. The highest BCUT2D eigenvalue weighted by molar-refractivity contribution is 6.08. The van der Waals surface area contributed by atoms with Crippen LogP contribution in [0.15, 0.2) is 72.9 Å². The van der Waals surface area contributed by atoms with Crippen molar-refractivity contribution in [3.05, 3.63) is 112 Å². The van der Waals surface area contributed by atoms with Crippen LogP contribution < -0.4 is 30.1 Å². The minimum atomic E-state index is -0.643. The predicted octanol–water partition coefficient (Wildman–Crippen LogP) is 11.1. The standard InChI is InChI=1S/C57H70FN8O5/c1-8-46(42-29-49(64(6)69)52(53-44(42)32-60-63(53)5)59-31-36-20-22-56(4,68)23-21-36)61-54(67)41-17-16-37(28-50(41)71-51-30-43-45(58)18-19-47(43)62-55(51)70-7)65-26-24-57(25-27-65)33-66(34-57)48-15-11-14-40(48)39-13-10-9-12-38(39)35(2)3/h8-10,12-13,16-18,28-30,32,35-36,40,48,59,68H,11,14-15,19-27,31,33-34H2,1-7H3,(H,61,67)/q-1/b46-8+/t36?,40-,48-,56?/m0/s1. The zero-order valence-electron chi connectivity index (χ0n) is 42.5. The number of aromatic nitrogens is 3. The number of aliphatic hydroxyl groups is 1. The summed E-state index contributed by atoms with van der Waals surface area (Å²) in [6.45, 7) is 13.0. The number of likely N-dealkylation sites (tertiary alicyclic amines) is 1. The van der Waals surface area contributed by atoms with Crippen molar-refractivity contribution < 1.29 is 23.8 Å². The number of methoxy groups -OCH3 is 1. The number of nitrogens with one attached hydrogen (secondary N) is 2. The van der Waals surface area contributed by atoms with Crippen LogP contribution in [-0.2, 0) is 13.5 Å². The summed E-state index contributed by atoms with van der Waals surface area (Å²) in [4.78, 5) is 24.5. The van der Waals surface area contributed by atoms with Gasteiger partial charge in [0.15, 0.2) is 5.75 Å². The van der Waals surface area contributed by atoms with Gasteiger partial charge >= 0.3 is 0 Å². The first-order valence-electron chi connectivity index (χ1n) is 25.8. The molecule has 4 fully saturated rings. The molecule has 14 heteroatoms. The van der Waals surface area contributed by atoms with Crippen molar-refractivity contribution >= 4 is 45.4 Å². The highest BCUT2D eigenvalue weighted by atomic mass is 19.1. The molecule has 10 rings (SSSR count). The lowest BCUT2D eigenvalue weighted by Crippen LogP contribution is -2.63. The number of amides is 1. The predicted molar refractivity (Wildman–Crippen MR) is 281 cm³/mol. The van der Waals surface area contributed by atoms with Gasteiger partial charge in [-0.15, -0.1) is 0 Å². The molecule has 3 aromatic carbocycles. The number of hydrogen-bond donors (Lipinski definition) is 3. The van der Waals surface area contributed by atoms with Crippen molar-refractivity contribution in [1.82, 2.24) is 25.0 Å². The van der Waals surface area contributed by atoms with Crippen LogP contribution in [0.2, 0.25) is 0 Å². The molecule has 13 nitrogen and oxygen atoms in total. The average Bonchev–Trinajstić information content (AvgIpc) is 4.10. The molecule has 2 aliphatic heterocycles. The van der Waals surface area contributed by atoms with Gasteiger partial charge in [0.25, 0.3) is 11.8 Å². The van der Waals surface area contributed by atoms with Gasteiger partial charge in [0, 0.05) is 86.2 Å². The maximum absolute atomic E-state index is 15.1. The van der Waals surface area contributed by atoms with Crippen LogP contribution in [0.5, 0.6) is 17.4 Å². The van der Waals surface area contributed by atoms with Gasteiger partial charge in [0.1, 0.15) is 11.6 Å². The fraction of sp³-hybridized carbons (Fsp3) is 0.491. The van der Waals surface area contributed by atoms with Crippen molar-refractivity contribution in [2.24, 2.45) is 18.4 Å². The van der Waals surface area contributed by atoms with E-state index < -0.39 is 11.5 Å². The van der Waals surface area contributed by atoms with Gasteiger partial charge in [-0.25, -0.2) is 9.37 Å². The van der Waals surface area contributed by atoms with E-state index in [4.69, 9.17) is 9.47 Å². The summed E-state index contributed by atoms with van der Waals surface area (Å²) in [7, 11) is 4.81. The molecule has 1 spiro atoms. The Morgan fingerprint density at radius 2 is 1.79 bits per heavy atom. The number of fused-ring (bicyclic) bond motifs is 2. The molecule has 0 unspecified atom stereocenters. The third-order valence-electron chi connectivity index (χ3n) is 16.5. The molecule has 4 heterocycles. The van der Waals surface area contributed by atoms with E-state index in [1.807, 2.05) is 39.1 Å². The second kappa shape index (κ2) is 19.6. The molecule has 2 saturated carbocycles. The van der Waals surface area contributed by atoms with Gasteiger partial charge in [-0.3, -0.25) is 14.4 Å². The molecule has 5 aromatic rings. The first-order chi connectivity index (χ1) is 34.1. The number of rotatable bonds is 14. The van der Waals surface area contributed by atoms with Crippen LogP contribution in [0.25, 0.3) is 22.4 Å². The molecule has 0 radical (unpaired) electrons. The van der Waals surface area contributed by atoms with Gasteiger partial charge < -0.3 is 40.4 Å². The van der Waals surface area contributed by atoms with E-state index in [0.717, 1.165) is 86.4 Å². The summed E-state index contributed by atoms with van der Waals surface area (Å²) in [5.74, 6) is 1.30. The Kier molecular flexibility index (Phi) is 13.4. The van der Waals surface area contributed by atoms with E-state index in [1.165, 1.54) is 45.1 Å². The fourth-order valence-corrected chi connectivity index (χ4v) is 12.4. The van der Waals surface area contributed by atoms with Crippen molar-refractivity contribution in [3.63, 3.8) is 0 Å². The number of ether oxygens (including phenoxy) is 2. The highest BCUT2D eigenvalue weighted by Gasteiger charge is 2.49. The average molecular weight is 966 g/mol. The smallest absolute Gasteiger partial charge is 0.259 e. The number of hydrogen-bond acceptors (Lipinski definition) is 11. The molecule has 71 heavy (non-hydrogen) atoms. The molecule has 5 aliphatic rings. The SMILES string of the molecule is C/C=C(/NC(=O)c1ccc(N2CCC3(CC2)CN([C@H]2CCC[C@H]2c2ccccc2C(C)C)C3)cc1Oc1cc2c(nc1OC)CC=C2F)c1cc(N(C)[O-])c(NCC2CCC(C)(O)CC2)c2c1cnn2C. The molecule has 2 saturated heterocycles. The Hall–Kier alpha value is -5.96. The number of nitrogens with zero attached hydrogens (tertiary/aromatic N) is 6. The number of benzene rings is 3. The number of piperidine rings is 1. The molecule has 2 atom stereocenters. The molecule has 3 N–H and O–H groups in total. The number of aryl methyl sites for hydroxylation is 1. The van der Waals surface area contributed by atoms with Crippen LogP contribution in [0.3, 0.4) is 0 Å². The van der Waals surface area contributed by atoms with Crippen molar-refractivity contribution in [2.45, 2.75) is 115 Å². The Morgan fingerprint density at radius 3 is 2.51 bits per heavy atom. The van der Waals surface area contributed by atoms with Gasteiger partial charge in [0.05, 0.1) is 47.1 Å². The number of halogens is 1. The van der Waals surface area contributed by atoms with E-state index in [9.17, 15) is 15.1 Å². The van der Waals surface area contributed by atoms with Crippen LogP contribution >= 0.6 is 0 Å². The largest absolute Gasteiger partial charge is 0.758 e. The topological polar surface area (TPSA) is 143 Å². The maximum atomic E-state index is 15.1. The lowest BCUT2D eigenvalue weighted by Gasteiger charge is -2.57. The summed E-state index contributed by atoms with van der Waals surface area (Å²) in [5.41, 5.74) is 7.69. The van der Waals surface area contributed by atoms with E-state index in [2.05, 4.69) is 68.6 Å². The zero-order valence-corrected chi connectivity index (χ0v) is 42.5. The molecule has 2 aromatic heterocycles. The van der Waals surface area contributed by atoms with Crippen molar-refractivity contribution in [3.8, 4) is 17.4 Å². The van der Waals surface area contributed by atoms with Gasteiger partial charge in [0.2, 0.25) is 0 Å². The minimum absolute atomic E-state index is 0.196. The minimum Gasteiger partial charge on any atom is -0.758 e. The number of carbonyl (C=O) groups excluding carboxylic acids is 1. The number of anilines is 3. The maximum Gasteiger partial charge on any atom is 0.259 e. The second-order valence-corrected chi connectivity index (χ2v) is 21.6. The normalized spacial score (nSPS) is 23.2. The first-order valence-corrected chi connectivity index (χ1v) is 25.8. The molecule has 1 amide bonds. The Bertz CT molecular complexity index is 2860. The number of allylic oxidation sites excluding steroid dienone is 2. The molecule has 3 aliphatic carbocycles. The summed E-state index contributed by atoms with van der Waals surface area (Å²) >= 11 is 0. The van der Waals surface area contributed by atoms with Crippen molar-refractivity contribution in [2.75, 3.05) is 62.2 Å². The number of pyridine rings is 1. The fourth-order valence-electron chi connectivity index (χ4n) is 12.4. The first kappa shape index (κ1) is 48.7. The molecular formula is C57H70FN8O5-. The zero-order chi connectivity index (χ0) is 49.8. The van der Waals surface area contributed by atoms with Gasteiger partial charge in [-0.2, -0.15) is 5.10 Å². The lowest BCUT2D eigenvalue weighted by molar-refractivity contribution is -0.0493. The van der Waals surface area contributed by atoms with E-state index >= 15 is 4.39 Å². The van der Waals surface area contributed by atoms with E-state index in [-0.39, 0.29) is 34.2 Å². The molecule has 0 bridgehead atoms. The van der Waals surface area contributed by atoms with Gasteiger partial charge in [-0.05, 0) is 137 Å². The number of carbonyl (C=O) groups is 1. The van der Waals surface area contributed by atoms with Crippen LogP contribution in [0.1, 0.15) is 136 Å². The molecular weight excluding hydrogens is 896 g/mol. The quantitative estimate of drug-likeness (QED) is 0.0915. The highest BCUT2D eigenvalue weighted by Crippen LogP contribution is 2.49. The summed E-state index contributed by atoms with van der Waals surface area (Å²) in [6.07, 6.45) is 14.6. The van der Waals surface area contributed by atoms with Crippen LogP contribution in [-0.4, -0.2) is 89.2 Å².